The fraction of sp³-hybridized carbons (Fsp3) is 0.214. The van der Waals surface area contributed by atoms with Crippen molar-refractivity contribution in [1.82, 2.24) is 9.71 Å². The number of nitrogens with one attached hydrogen (secondary N) is 1. The number of sulfonamides is 1. The van der Waals surface area contributed by atoms with Gasteiger partial charge in [-0.05, 0) is 43.2 Å². The predicted octanol–water partition coefficient (Wildman–Crippen LogP) is 3.19. The maximum Gasteiger partial charge on any atom is 0.241 e. The van der Waals surface area contributed by atoms with Gasteiger partial charge in [0, 0.05) is 22.9 Å². The van der Waals surface area contributed by atoms with Crippen molar-refractivity contribution in [2.45, 2.75) is 24.8 Å². The van der Waals surface area contributed by atoms with Crippen LogP contribution in [0.25, 0.3) is 0 Å². The zero-order valence-corrected chi connectivity index (χ0v) is 13.6. The Morgan fingerprint density at radius 3 is 2.70 bits per heavy atom. The van der Waals surface area contributed by atoms with Crippen LogP contribution in [-0.4, -0.2) is 13.4 Å². The molecule has 2 aromatic rings. The van der Waals surface area contributed by atoms with Gasteiger partial charge in [0.1, 0.15) is 0 Å². The Labute approximate surface area is 127 Å². The van der Waals surface area contributed by atoms with Crippen molar-refractivity contribution in [2.75, 3.05) is 0 Å². The van der Waals surface area contributed by atoms with Crippen molar-refractivity contribution in [1.29, 1.82) is 0 Å². The summed E-state index contributed by atoms with van der Waals surface area (Å²) in [6.45, 7) is 3.57. The molecule has 0 unspecified atom stereocenters. The van der Waals surface area contributed by atoms with Gasteiger partial charge in [0.05, 0.1) is 4.90 Å². The second-order valence-electron chi connectivity index (χ2n) is 4.54. The fourth-order valence-corrected chi connectivity index (χ4v) is 3.87. The lowest BCUT2D eigenvalue weighted by molar-refractivity contribution is 0.566. The number of halogens is 1. The first-order valence-electron chi connectivity index (χ1n) is 6.08. The van der Waals surface area contributed by atoms with E-state index in [2.05, 4.69) is 25.6 Å². The molecule has 0 radical (unpaired) electrons. The smallest absolute Gasteiger partial charge is 0.241 e. The standard InChI is InChI=1S/C14H15BrN2O2S/c1-10-5-6-13(15)8-14(10)20(18,19)17-11(2)12-4-3-7-16-9-12/h3-9,11,17H,1-2H3/t11-/m0/s1. The monoisotopic (exact) mass is 354 g/mol. The van der Waals surface area contributed by atoms with Crippen LogP contribution in [0.2, 0.25) is 0 Å². The lowest BCUT2D eigenvalue weighted by Gasteiger charge is -2.15. The molecule has 6 heteroatoms. The molecule has 0 amide bonds. The number of hydrogen-bond acceptors (Lipinski definition) is 3. The van der Waals surface area contributed by atoms with E-state index in [1.807, 2.05) is 12.1 Å². The zero-order chi connectivity index (χ0) is 14.8. The topological polar surface area (TPSA) is 59.1 Å². The molecule has 1 atom stereocenters. The number of hydrogen-bond donors (Lipinski definition) is 1. The molecule has 20 heavy (non-hydrogen) atoms. The summed E-state index contributed by atoms with van der Waals surface area (Å²) < 4.78 is 28.3. The summed E-state index contributed by atoms with van der Waals surface area (Å²) in [5, 5.41) is 0. The van der Waals surface area contributed by atoms with E-state index in [1.165, 1.54) is 0 Å². The number of aryl methyl sites for hydroxylation is 1. The molecule has 4 nitrogen and oxygen atoms in total. The van der Waals surface area contributed by atoms with Gasteiger partial charge in [0.15, 0.2) is 0 Å². The van der Waals surface area contributed by atoms with Crippen LogP contribution >= 0.6 is 15.9 Å². The summed E-state index contributed by atoms with van der Waals surface area (Å²) >= 11 is 3.30. The molecule has 1 heterocycles. The van der Waals surface area contributed by atoms with Gasteiger partial charge < -0.3 is 0 Å². The highest BCUT2D eigenvalue weighted by Crippen LogP contribution is 2.22. The molecule has 0 saturated carbocycles. The van der Waals surface area contributed by atoms with Crippen LogP contribution in [0.1, 0.15) is 24.1 Å². The van der Waals surface area contributed by atoms with Crippen LogP contribution in [0, 0.1) is 6.92 Å². The Kier molecular flexibility index (Phi) is 4.57. The third kappa shape index (κ3) is 3.45. The average Bonchev–Trinajstić information content (AvgIpc) is 2.42. The molecule has 0 aliphatic heterocycles. The second kappa shape index (κ2) is 6.03. The number of nitrogens with zero attached hydrogens (tertiary/aromatic N) is 1. The lowest BCUT2D eigenvalue weighted by atomic mass is 10.2. The van der Waals surface area contributed by atoms with Gasteiger partial charge in [-0.15, -0.1) is 0 Å². The molecular weight excluding hydrogens is 340 g/mol. The van der Waals surface area contributed by atoms with E-state index in [1.54, 1.807) is 44.4 Å². The third-order valence-corrected chi connectivity index (χ3v) is 5.13. The number of aromatic nitrogens is 1. The first-order valence-corrected chi connectivity index (χ1v) is 8.36. The van der Waals surface area contributed by atoms with E-state index in [9.17, 15) is 8.42 Å². The van der Waals surface area contributed by atoms with Gasteiger partial charge >= 0.3 is 0 Å². The summed E-state index contributed by atoms with van der Waals surface area (Å²) in [6.07, 6.45) is 3.31. The van der Waals surface area contributed by atoms with E-state index in [-0.39, 0.29) is 10.9 Å². The van der Waals surface area contributed by atoms with E-state index < -0.39 is 10.0 Å². The first-order chi connectivity index (χ1) is 9.40. The minimum Gasteiger partial charge on any atom is -0.264 e. The van der Waals surface area contributed by atoms with Crippen molar-refractivity contribution >= 4 is 26.0 Å². The fourth-order valence-electron chi connectivity index (χ4n) is 1.86. The molecular formula is C14H15BrN2O2S. The summed E-state index contributed by atoms with van der Waals surface area (Å²) in [5.41, 5.74) is 1.53. The highest BCUT2D eigenvalue weighted by atomic mass is 79.9. The van der Waals surface area contributed by atoms with Gasteiger partial charge in [-0.3, -0.25) is 4.98 Å². The summed E-state index contributed by atoms with van der Waals surface area (Å²) in [4.78, 5) is 4.28. The number of pyridine rings is 1. The summed E-state index contributed by atoms with van der Waals surface area (Å²) in [5.74, 6) is 0. The van der Waals surface area contributed by atoms with Crippen molar-refractivity contribution in [3.05, 3.63) is 58.3 Å². The number of benzene rings is 1. The first kappa shape index (κ1) is 15.2. The van der Waals surface area contributed by atoms with Crippen molar-refractivity contribution < 1.29 is 8.42 Å². The second-order valence-corrected chi connectivity index (χ2v) is 7.14. The maximum atomic E-state index is 12.4. The van der Waals surface area contributed by atoms with Crippen molar-refractivity contribution in [3.63, 3.8) is 0 Å². The molecule has 1 aromatic heterocycles. The van der Waals surface area contributed by atoms with E-state index >= 15 is 0 Å². The van der Waals surface area contributed by atoms with Crippen LogP contribution in [0.5, 0.6) is 0 Å². The lowest BCUT2D eigenvalue weighted by Crippen LogP contribution is -2.27. The van der Waals surface area contributed by atoms with Crippen LogP contribution in [-0.2, 0) is 10.0 Å². The van der Waals surface area contributed by atoms with Gasteiger partial charge in [-0.25, -0.2) is 13.1 Å². The molecule has 0 bridgehead atoms. The summed E-state index contributed by atoms with van der Waals surface area (Å²) in [7, 11) is -3.57. The molecule has 2 rings (SSSR count). The normalized spacial score (nSPS) is 13.2. The van der Waals surface area contributed by atoms with E-state index in [0.717, 1.165) is 10.0 Å². The number of rotatable bonds is 4. The molecule has 0 aliphatic carbocycles. The molecule has 106 valence electrons. The minimum absolute atomic E-state index is 0.280. The van der Waals surface area contributed by atoms with Gasteiger partial charge in [-0.2, -0.15) is 0 Å². The Morgan fingerprint density at radius 1 is 1.30 bits per heavy atom. The molecule has 1 aromatic carbocycles. The Hall–Kier alpha value is -1.24. The van der Waals surface area contributed by atoms with E-state index in [4.69, 9.17) is 0 Å². The zero-order valence-electron chi connectivity index (χ0n) is 11.2. The molecule has 0 saturated heterocycles. The highest BCUT2D eigenvalue weighted by Gasteiger charge is 2.20. The maximum absolute atomic E-state index is 12.4. The summed E-state index contributed by atoms with van der Waals surface area (Å²) in [6, 6.07) is 8.48. The van der Waals surface area contributed by atoms with Crippen LogP contribution in [0.15, 0.2) is 52.1 Å². The van der Waals surface area contributed by atoms with Crippen molar-refractivity contribution in [2.24, 2.45) is 0 Å². The third-order valence-electron chi connectivity index (χ3n) is 2.96. The largest absolute Gasteiger partial charge is 0.264 e. The highest BCUT2D eigenvalue weighted by molar-refractivity contribution is 9.10. The quantitative estimate of drug-likeness (QED) is 0.916. The minimum atomic E-state index is -3.57. The van der Waals surface area contributed by atoms with Crippen molar-refractivity contribution in [3.8, 4) is 0 Å². The van der Waals surface area contributed by atoms with E-state index in [0.29, 0.717) is 5.56 Å². The van der Waals surface area contributed by atoms with Crippen LogP contribution in [0.4, 0.5) is 0 Å². The van der Waals surface area contributed by atoms with Gasteiger partial charge in [0.2, 0.25) is 10.0 Å². The van der Waals surface area contributed by atoms with Crippen LogP contribution < -0.4 is 4.72 Å². The molecule has 0 spiro atoms. The average molecular weight is 355 g/mol. The molecule has 0 fully saturated rings. The Morgan fingerprint density at radius 2 is 2.05 bits per heavy atom. The Bertz CT molecular complexity index is 702. The van der Waals surface area contributed by atoms with Gasteiger partial charge in [-0.1, -0.05) is 28.1 Å². The van der Waals surface area contributed by atoms with Crippen LogP contribution in [0.3, 0.4) is 0 Å². The predicted molar refractivity (Wildman–Crippen MR) is 81.9 cm³/mol. The molecule has 1 N–H and O–H groups in total. The SMILES string of the molecule is Cc1ccc(Br)cc1S(=O)(=O)N[C@@H](C)c1cccnc1. The molecule has 0 aliphatic rings. The Balaban J connectivity index is 2.30. The van der Waals surface area contributed by atoms with Gasteiger partial charge in [0.25, 0.3) is 0 Å².